The smallest absolute Gasteiger partial charge is 0.336 e. The number of benzene rings is 1. The minimum absolute atomic E-state index is 0.0149. The number of halogens is 1. The fourth-order valence-corrected chi connectivity index (χ4v) is 4.44. The van der Waals surface area contributed by atoms with Crippen molar-refractivity contribution in [3.05, 3.63) is 83.6 Å². The van der Waals surface area contributed by atoms with E-state index in [0.717, 1.165) is 37.1 Å². The number of carbonyl (C=O) groups is 3. The number of furan rings is 1. The van der Waals surface area contributed by atoms with Crippen LogP contribution in [0.5, 0.6) is 11.5 Å². The summed E-state index contributed by atoms with van der Waals surface area (Å²) in [5.41, 5.74) is 1.69. The Morgan fingerprint density at radius 3 is 2.61 bits per heavy atom. The highest BCUT2D eigenvalue weighted by molar-refractivity contribution is 6.07. The van der Waals surface area contributed by atoms with Crippen molar-refractivity contribution in [2.45, 2.75) is 39.8 Å². The molecule has 1 aromatic carbocycles. The first-order valence-electron chi connectivity index (χ1n) is 13.3. The van der Waals surface area contributed by atoms with E-state index in [-0.39, 0.29) is 46.3 Å². The molecule has 0 radical (unpaired) electrons. The Kier molecular flexibility index (Phi) is 8.25. The Balaban J connectivity index is 1.47. The molecule has 6 rings (SSSR count). The Labute approximate surface area is 235 Å². The molecule has 10 nitrogen and oxygen atoms in total. The van der Waals surface area contributed by atoms with E-state index in [2.05, 4.69) is 28.0 Å². The molecule has 4 aromatic rings. The van der Waals surface area contributed by atoms with Gasteiger partial charge in [-0.2, -0.15) is 0 Å². The van der Waals surface area contributed by atoms with E-state index >= 15 is 0 Å². The van der Waals surface area contributed by atoms with Crippen LogP contribution in [0, 0.1) is 12.7 Å². The molecule has 0 saturated heterocycles. The minimum Gasteiger partial charge on any atom is -0.455 e. The predicted molar refractivity (Wildman–Crippen MR) is 148 cm³/mol. The Morgan fingerprint density at radius 2 is 1.85 bits per heavy atom. The number of hydrogen-bond donors (Lipinski definition) is 1. The molecule has 4 bridgehead atoms. The molecule has 2 aliphatic rings. The van der Waals surface area contributed by atoms with Gasteiger partial charge in [0.1, 0.15) is 11.6 Å². The van der Waals surface area contributed by atoms with Crippen LogP contribution < -0.4 is 19.7 Å². The van der Waals surface area contributed by atoms with E-state index in [9.17, 15) is 18.8 Å². The molecular weight excluding hydrogens is 531 g/mol. The Bertz CT molecular complexity index is 1620. The van der Waals surface area contributed by atoms with Gasteiger partial charge in [0.2, 0.25) is 0 Å². The maximum atomic E-state index is 13.8. The zero-order chi connectivity index (χ0) is 28.9. The molecule has 1 amide bonds. The molecule has 0 aliphatic carbocycles. The van der Waals surface area contributed by atoms with E-state index in [1.807, 2.05) is 12.3 Å². The molecule has 212 valence electrons. The lowest BCUT2D eigenvalue weighted by molar-refractivity contribution is -0.131. The third-order valence-electron chi connectivity index (χ3n) is 6.52. The summed E-state index contributed by atoms with van der Waals surface area (Å²) in [5, 5.41) is 3.34. The van der Waals surface area contributed by atoms with Crippen molar-refractivity contribution in [2.75, 3.05) is 18.0 Å². The van der Waals surface area contributed by atoms with E-state index in [1.165, 1.54) is 35.2 Å². The summed E-state index contributed by atoms with van der Waals surface area (Å²) in [6.07, 6.45) is 8.19. The van der Waals surface area contributed by atoms with E-state index < -0.39 is 23.7 Å². The molecule has 0 fully saturated rings. The van der Waals surface area contributed by atoms with Gasteiger partial charge in [-0.3, -0.25) is 9.69 Å². The molecule has 2 aliphatic heterocycles. The van der Waals surface area contributed by atoms with Gasteiger partial charge in [-0.25, -0.2) is 19.0 Å². The van der Waals surface area contributed by atoms with Crippen molar-refractivity contribution in [2.24, 2.45) is 0 Å². The van der Waals surface area contributed by atoms with Crippen LogP contribution in [-0.4, -0.2) is 40.5 Å². The minimum atomic E-state index is -0.867. The molecule has 3 aromatic heterocycles. The predicted octanol–water partition coefficient (Wildman–Crippen LogP) is 4.69. The lowest BCUT2D eigenvalue weighted by atomic mass is 10.2. The number of hydrogen-bond acceptors (Lipinski definition) is 8. The van der Waals surface area contributed by atoms with Gasteiger partial charge in [-0.1, -0.05) is 13.3 Å². The fraction of sp³-hybridized carbons (Fsp3) is 0.267. The molecule has 0 atom stereocenters. The van der Waals surface area contributed by atoms with Gasteiger partial charge in [0.25, 0.3) is 5.91 Å². The number of anilines is 1. The first kappa shape index (κ1) is 27.8. The van der Waals surface area contributed by atoms with Crippen LogP contribution in [0.4, 0.5) is 10.2 Å². The summed E-state index contributed by atoms with van der Waals surface area (Å²) in [6, 6.07) is 8.58. The zero-order valence-electron chi connectivity index (χ0n) is 22.7. The van der Waals surface area contributed by atoms with Gasteiger partial charge >= 0.3 is 11.9 Å². The number of nitrogens with one attached hydrogen (secondary N) is 1. The average molecular weight is 561 g/mol. The molecular formula is C30H29FN4O6. The van der Waals surface area contributed by atoms with Crippen LogP contribution in [0.25, 0.3) is 11.1 Å². The van der Waals surface area contributed by atoms with Crippen LogP contribution in [0.2, 0.25) is 0 Å². The highest BCUT2D eigenvalue weighted by Gasteiger charge is 2.28. The summed E-state index contributed by atoms with van der Waals surface area (Å²) in [6.45, 7) is 5.75. The van der Waals surface area contributed by atoms with E-state index in [0.29, 0.717) is 13.1 Å². The fourth-order valence-electron chi connectivity index (χ4n) is 4.44. The molecule has 5 heterocycles. The lowest BCUT2D eigenvalue weighted by Crippen LogP contribution is -2.38. The lowest BCUT2D eigenvalue weighted by Gasteiger charge is -2.24. The number of rotatable bonds is 10. The van der Waals surface area contributed by atoms with Crippen molar-refractivity contribution >= 4 is 34.8 Å². The summed E-state index contributed by atoms with van der Waals surface area (Å²) in [5.74, 6) is -2.34. The van der Waals surface area contributed by atoms with Crippen molar-refractivity contribution in [3.8, 4) is 11.5 Å². The first-order valence-corrected chi connectivity index (χ1v) is 13.3. The van der Waals surface area contributed by atoms with Gasteiger partial charge in [-0.15, -0.1) is 0 Å². The van der Waals surface area contributed by atoms with Crippen LogP contribution in [0.1, 0.15) is 41.4 Å². The number of esters is 2. The monoisotopic (exact) mass is 560 g/mol. The second-order valence-corrected chi connectivity index (χ2v) is 9.57. The van der Waals surface area contributed by atoms with Crippen molar-refractivity contribution in [1.82, 2.24) is 14.9 Å². The van der Waals surface area contributed by atoms with Gasteiger partial charge in [0.05, 0.1) is 0 Å². The number of amides is 1. The van der Waals surface area contributed by atoms with Gasteiger partial charge < -0.3 is 23.8 Å². The second kappa shape index (κ2) is 12.2. The summed E-state index contributed by atoms with van der Waals surface area (Å²) in [4.78, 5) is 44.4. The third-order valence-corrected chi connectivity index (χ3v) is 6.52. The largest absolute Gasteiger partial charge is 0.455 e. The number of fused-ring (bicyclic) bond motifs is 5. The summed E-state index contributed by atoms with van der Waals surface area (Å²) < 4.78 is 32.4. The topological polar surface area (TPSA) is 116 Å². The standard InChI is InChI=1S/C30H29FN4O6/c1-3-4-13-34-14-11-20(18-34)17-32-12-15-35(30(38)21-5-7-22(31)8-6-21)29-24-16-23-27(33-29)28(19(2)39-23)41-26(37)10-9-25(36)40-24/h5-11,14,16,18,32H,3-4,12-13,15,17H2,1-2H3/b10-9-. The summed E-state index contributed by atoms with van der Waals surface area (Å²) >= 11 is 0. The number of carbonyl (C=O) groups excluding carboxylic acids is 3. The van der Waals surface area contributed by atoms with Crippen LogP contribution in [0.15, 0.2) is 65.4 Å². The highest BCUT2D eigenvalue weighted by Crippen LogP contribution is 2.38. The van der Waals surface area contributed by atoms with Crippen molar-refractivity contribution in [1.29, 1.82) is 0 Å². The number of aryl methyl sites for hydroxylation is 2. The molecule has 0 unspecified atom stereocenters. The number of pyridine rings is 1. The molecule has 41 heavy (non-hydrogen) atoms. The normalized spacial score (nSPS) is 13.7. The van der Waals surface area contributed by atoms with E-state index in [4.69, 9.17) is 13.9 Å². The molecule has 1 N–H and O–H groups in total. The number of unbranched alkanes of at least 4 members (excludes halogenated alkanes) is 1. The number of nitrogens with zero attached hydrogens (tertiary/aromatic N) is 3. The number of ether oxygens (including phenoxy) is 2. The van der Waals surface area contributed by atoms with Gasteiger partial charge in [0, 0.05) is 62.4 Å². The maximum Gasteiger partial charge on any atom is 0.336 e. The zero-order valence-corrected chi connectivity index (χ0v) is 22.7. The Morgan fingerprint density at radius 1 is 1.10 bits per heavy atom. The van der Waals surface area contributed by atoms with E-state index in [1.54, 1.807) is 6.92 Å². The highest BCUT2D eigenvalue weighted by atomic mass is 19.1. The second-order valence-electron chi connectivity index (χ2n) is 9.57. The third kappa shape index (κ3) is 6.36. The average Bonchev–Trinajstić information content (AvgIpc) is 3.52. The van der Waals surface area contributed by atoms with Crippen LogP contribution >= 0.6 is 0 Å². The molecule has 11 heteroatoms. The Hall–Kier alpha value is -4.77. The first-order chi connectivity index (χ1) is 19.8. The van der Waals surface area contributed by atoms with Crippen molar-refractivity contribution in [3.63, 3.8) is 0 Å². The van der Waals surface area contributed by atoms with Crippen LogP contribution in [0.3, 0.4) is 0 Å². The molecule has 0 saturated carbocycles. The SMILES string of the molecule is CCCCn1ccc(CNCCN(C(=O)c2ccc(F)cc2)c2nc3c4c(C)oc3cc2OC(=O)/C=C\C(=O)O4)c1. The van der Waals surface area contributed by atoms with Crippen molar-refractivity contribution < 1.29 is 32.7 Å². The number of aromatic nitrogens is 2. The van der Waals surface area contributed by atoms with Gasteiger partial charge in [0.15, 0.2) is 28.4 Å². The van der Waals surface area contributed by atoms with Gasteiger partial charge in [-0.05, 0) is 49.2 Å². The molecule has 0 spiro atoms. The quantitative estimate of drug-likeness (QED) is 0.219. The summed E-state index contributed by atoms with van der Waals surface area (Å²) in [7, 11) is 0. The van der Waals surface area contributed by atoms with Crippen LogP contribution in [-0.2, 0) is 22.7 Å². The maximum absolute atomic E-state index is 13.8.